The van der Waals surface area contributed by atoms with Crippen LogP contribution in [0.25, 0.3) is 0 Å². The van der Waals surface area contributed by atoms with Gasteiger partial charge in [-0.15, -0.1) is 0 Å². The molecule has 1 aliphatic carbocycles. The van der Waals surface area contributed by atoms with Crippen LogP contribution in [0.15, 0.2) is 6.33 Å². The van der Waals surface area contributed by atoms with Crippen molar-refractivity contribution in [3.8, 4) is 0 Å². The molecule has 0 radical (unpaired) electrons. The maximum atomic E-state index is 4.49. The molecule has 1 fully saturated rings. The summed E-state index contributed by atoms with van der Waals surface area (Å²) in [6.07, 6.45) is 9.20. The summed E-state index contributed by atoms with van der Waals surface area (Å²) in [5.74, 6) is 2.80. The lowest BCUT2D eigenvalue weighted by Gasteiger charge is -2.32. The van der Waals surface area contributed by atoms with Crippen LogP contribution in [0.1, 0.15) is 58.4 Å². The lowest BCUT2D eigenvalue weighted by atomic mass is 9.83. The molecule has 4 heteroatoms. The molecule has 2 unspecified atom stereocenters. The molecule has 2 N–H and O–H groups in total. The van der Waals surface area contributed by atoms with Gasteiger partial charge in [-0.25, -0.2) is 9.97 Å². The number of rotatable bonds is 6. The topological polar surface area (TPSA) is 49.8 Å². The third-order valence-corrected chi connectivity index (χ3v) is 4.40. The number of nitrogens with one attached hydrogen (secondary N) is 2. The Bertz CT molecular complexity index is 419. The fraction of sp³-hybridized carbons (Fsp3) is 0.750. The Balaban J connectivity index is 2.17. The molecule has 1 aromatic rings. The van der Waals surface area contributed by atoms with Gasteiger partial charge in [0.05, 0.1) is 0 Å². The van der Waals surface area contributed by atoms with E-state index in [-0.39, 0.29) is 0 Å². The summed E-state index contributed by atoms with van der Waals surface area (Å²) in [6.45, 7) is 7.46. The first kappa shape index (κ1) is 15.1. The number of hydrogen-bond donors (Lipinski definition) is 2. The van der Waals surface area contributed by atoms with Crippen molar-refractivity contribution in [2.24, 2.45) is 5.92 Å². The first-order valence-corrected chi connectivity index (χ1v) is 8.14. The molecule has 112 valence electrons. The van der Waals surface area contributed by atoms with Gasteiger partial charge >= 0.3 is 0 Å². The summed E-state index contributed by atoms with van der Waals surface area (Å²) in [7, 11) is 0. The largest absolute Gasteiger partial charge is 0.370 e. The minimum absolute atomic E-state index is 0.573. The lowest BCUT2D eigenvalue weighted by molar-refractivity contribution is 0.316. The molecular weight excluding hydrogens is 248 g/mol. The van der Waals surface area contributed by atoms with E-state index >= 15 is 0 Å². The molecular formula is C16H28N4. The molecule has 0 saturated heterocycles. The molecule has 1 aliphatic rings. The van der Waals surface area contributed by atoms with Gasteiger partial charge in [-0.1, -0.05) is 33.1 Å². The highest BCUT2D eigenvalue weighted by Crippen LogP contribution is 2.30. The second-order valence-electron chi connectivity index (χ2n) is 5.64. The average Bonchev–Trinajstić information content (AvgIpc) is 2.48. The van der Waals surface area contributed by atoms with Crippen molar-refractivity contribution in [1.29, 1.82) is 0 Å². The van der Waals surface area contributed by atoms with Gasteiger partial charge in [0.1, 0.15) is 18.0 Å². The van der Waals surface area contributed by atoms with Crippen LogP contribution < -0.4 is 10.6 Å². The quantitative estimate of drug-likeness (QED) is 0.828. The third-order valence-electron chi connectivity index (χ3n) is 4.40. The Hall–Kier alpha value is -1.32. The van der Waals surface area contributed by atoms with Crippen LogP contribution in [-0.4, -0.2) is 22.6 Å². The summed E-state index contributed by atoms with van der Waals surface area (Å²) in [5.41, 5.74) is 1.22. The van der Waals surface area contributed by atoms with E-state index in [1.807, 2.05) is 0 Å². The van der Waals surface area contributed by atoms with Crippen LogP contribution >= 0.6 is 0 Å². The van der Waals surface area contributed by atoms with E-state index in [0.717, 1.165) is 30.5 Å². The van der Waals surface area contributed by atoms with Crippen LogP contribution in [0.2, 0.25) is 0 Å². The van der Waals surface area contributed by atoms with Gasteiger partial charge < -0.3 is 10.6 Å². The number of nitrogens with zero attached hydrogens (tertiary/aromatic N) is 2. The van der Waals surface area contributed by atoms with Gasteiger partial charge in [-0.3, -0.25) is 0 Å². The van der Waals surface area contributed by atoms with Crippen molar-refractivity contribution in [3.05, 3.63) is 11.9 Å². The molecule has 0 amide bonds. The number of anilines is 2. The van der Waals surface area contributed by atoms with E-state index in [2.05, 4.69) is 41.4 Å². The van der Waals surface area contributed by atoms with E-state index in [1.54, 1.807) is 6.33 Å². The Kier molecular flexibility index (Phi) is 5.62. The smallest absolute Gasteiger partial charge is 0.134 e. The Morgan fingerprint density at radius 2 is 1.85 bits per heavy atom. The highest BCUT2D eigenvalue weighted by molar-refractivity contribution is 5.57. The maximum absolute atomic E-state index is 4.49. The van der Waals surface area contributed by atoms with Crippen LogP contribution in [0.3, 0.4) is 0 Å². The van der Waals surface area contributed by atoms with Gasteiger partial charge in [0.2, 0.25) is 0 Å². The highest BCUT2D eigenvalue weighted by Gasteiger charge is 2.24. The van der Waals surface area contributed by atoms with E-state index in [4.69, 9.17) is 0 Å². The zero-order valence-electron chi connectivity index (χ0n) is 13.1. The SMILES string of the molecule is CCNc1ncnc(NC2CCCCC2CC)c1CC. The van der Waals surface area contributed by atoms with Crippen LogP contribution in [0.5, 0.6) is 0 Å². The second-order valence-corrected chi connectivity index (χ2v) is 5.64. The summed E-state index contributed by atoms with van der Waals surface area (Å²) in [5, 5.41) is 7.05. The average molecular weight is 276 g/mol. The maximum Gasteiger partial charge on any atom is 0.134 e. The van der Waals surface area contributed by atoms with Gasteiger partial charge in [-0.05, 0) is 32.1 Å². The molecule has 20 heavy (non-hydrogen) atoms. The van der Waals surface area contributed by atoms with E-state index in [1.165, 1.54) is 37.7 Å². The summed E-state index contributed by atoms with van der Waals surface area (Å²) < 4.78 is 0. The van der Waals surface area contributed by atoms with E-state index < -0.39 is 0 Å². The van der Waals surface area contributed by atoms with Gasteiger partial charge in [0.25, 0.3) is 0 Å². The Morgan fingerprint density at radius 3 is 2.55 bits per heavy atom. The molecule has 1 saturated carbocycles. The normalized spacial score (nSPS) is 22.6. The zero-order valence-corrected chi connectivity index (χ0v) is 13.1. The van der Waals surface area contributed by atoms with Crippen molar-refractivity contribution >= 4 is 11.6 Å². The summed E-state index contributed by atoms with van der Waals surface area (Å²) in [4.78, 5) is 8.86. The molecule has 0 bridgehead atoms. The van der Waals surface area contributed by atoms with Gasteiger partial charge in [-0.2, -0.15) is 0 Å². The van der Waals surface area contributed by atoms with E-state index in [9.17, 15) is 0 Å². The minimum atomic E-state index is 0.573. The molecule has 1 heterocycles. The molecule has 4 nitrogen and oxygen atoms in total. The van der Waals surface area contributed by atoms with Crippen LogP contribution in [-0.2, 0) is 6.42 Å². The van der Waals surface area contributed by atoms with Gasteiger partial charge in [0.15, 0.2) is 0 Å². The second kappa shape index (κ2) is 7.46. The molecule has 0 spiro atoms. The van der Waals surface area contributed by atoms with Crippen molar-refractivity contribution in [3.63, 3.8) is 0 Å². The first-order chi connectivity index (χ1) is 9.80. The highest BCUT2D eigenvalue weighted by atomic mass is 15.1. The monoisotopic (exact) mass is 276 g/mol. The number of aromatic nitrogens is 2. The molecule has 2 atom stereocenters. The number of hydrogen-bond acceptors (Lipinski definition) is 4. The fourth-order valence-electron chi connectivity index (χ4n) is 3.25. The van der Waals surface area contributed by atoms with Crippen molar-refractivity contribution in [2.45, 2.75) is 65.3 Å². The predicted molar refractivity (Wildman–Crippen MR) is 85.2 cm³/mol. The summed E-state index contributed by atoms with van der Waals surface area (Å²) in [6, 6.07) is 0.573. The zero-order chi connectivity index (χ0) is 14.4. The van der Waals surface area contributed by atoms with Crippen LogP contribution in [0, 0.1) is 5.92 Å². The predicted octanol–water partition coefficient (Wildman–Crippen LogP) is 3.85. The van der Waals surface area contributed by atoms with Crippen molar-refractivity contribution in [1.82, 2.24) is 9.97 Å². The fourth-order valence-corrected chi connectivity index (χ4v) is 3.25. The molecule has 0 aliphatic heterocycles. The standard InChI is InChI=1S/C16H28N4/c1-4-12-9-7-8-10-14(12)20-16-13(5-2)15(17-6-3)18-11-19-16/h11-12,14H,4-10H2,1-3H3,(H2,17,18,19,20). The first-order valence-electron chi connectivity index (χ1n) is 8.14. The third kappa shape index (κ3) is 3.41. The van der Waals surface area contributed by atoms with Crippen molar-refractivity contribution < 1.29 is 0 Å². The van der Waals surface area contributed by atoms with E-state index in [0.29, 0.717) is 6.04 Å². The summed E-state index contributed by atoms with van der Waals surface area (Å²) >= 11 is 0. The van der Waals surface area contributed by atoms with Crippen LogP contribution in [0.4, 0.5) is 11.6 Å². The van der Waals surface area contributed by atoms with Gasteiger partial charge in [0, 0.05) is 18.2 Å². The molecule has 0 aromatic carbocycles. The minimum Gasteiger partial charge on any atom is -0.370 e. The Labute approximate surface area is 122 Å². The lowest BCUT2D eigenvalue weighted by Crippen LogP contribution is -2.32. The van der Waals surface area contributed by atoms with Crippen molar-refractivity contribution in [2.75, 3.05) is 17.2 Å². The Morgan fingerprint density at radius 1 is 1.10 bits per heavy atom. The molecule has 2 rings (SSSR count). The molecule has 1 aromatic heterocycles.